The normalized spacial score (nSPS) is 16.4. The van der Waals surface area contributed by atoms with Gasteiger partial charge in [-0.1, -0.05) is 53.7 Å². The van der Waals surface area contributed by atoms with Crippen LogP contribution in [0.5, 0.6) is 0 Å². The molecule has 0 saturated carbocycles. The quantitative estimate of drug-likeness (QED) is 0.466. The lowest BCUT2D eigenvalue weighted by atomic mass is 10.2. The molecule has 4 aromatic rings. The van der Waals surface area contributed by atoms with Gasteiger partial charge in [0.1, 0.15) is 6.26 Å². The first-order valence-corrected chi connectivity index (χ1v) is 10.6. The molecule has 1 saturated heterocycles. The van der Waals surface area contributed by atoms with Crippen LogP contribution in [0.15, 0.2) is 75.9 Å². The monoisotopic (exact) mass is 415 g/mol. The molecule has 1 fully saturated rings. The van der Waals surface area contributed by atoms with Crippen molar-refractivity contribution < 1.29 is 8.94 Å². The van der Waals surface area contributed by atoms with Crippen molar-refractivity contribution >= 4 is 0 Å². The second-order valence-electron chi connectivity index (χ2n) is 7.82. The number of hydrogen-bond donors (Lipinski definition) is 0. The van der Waals surface area contributed by atoms with Crippen LogP contribution < -0.4 is 0 Å². The van der Waals surface area contributed by atoms with Gasteiger partial charge in [-0.25, -0.2) is 4.98 Å². The molecule has 0 N–H and O–H groups in total. The number of oxazole rings is 1. The van der Waals surface area contributed by atoms with Crippen LogP contribution in [-0.2, 0) is 6.54 Å². The molecule has 0 bridgehead atoms. The zero-order valence-corrected chi connectivity index (χ0v) is 17.5. The molecule has 1 atom stereocenters. The van der Waals surface area contributed by atoms with Crippen LogP contribution in [0.25, 0.3) is 22.8 Å². The van der Waals surface area contributed by atoms with Crippen molar-refractivity contribution in [2.24, 2.45) is 0 Å². The summed E-state index contributed by atoms with van der Waals surface area (Å²) in [6.07, 6.45) is 1.76. The van der Waals surface area contributed by atoms with E-state index in [2.05, 4.69) is 31.8 Å². The van der Waals surface area contributed by atoms with Crippen molar-refractivity contribution in [1.29, 1.82) is 0 Å². The van der Waals surface area contributed by atoms with Gasteiger partial charge in [-0.2, -0.15) is 4.98 Å². The Kier molecular flexibility index (Phi) is 5.60. The second-order valence-corrected chi connectivity index (χ2v) is 7.82. The molecular weight excluding hydrogens is 390 g/mol. The first-order valence-electron chi connectivity index (χ1n) is 10.6. The number of rotatable bonds is 6. The predicted octanol–water partition coefficient (Wildman–Crippen LogP) is 4.27. The Morgan fingerprint density at radius 1 is 0.871 bits per heavy atom. The molecule has 0 aliphatic carbocycles. The molecule has 0 amide bonds. The van der Waals surface area contributed by atoms with Gasteiger partial charge in [0.05, 0.1) is 11.7 Å². The van der Waals surface area contributed by atoms with Crippen LogP contribution in [0, 0.1) is 0 Å². The molecule has 1 aliphatic rings. The zero-order chi connectivity index (χ0) is 21.0. The van der Waals surface area contributed by atoms with Crippen LogP contribution in [-0.4, -0.2) is 51.1 Å². The molecule has 1 aliphatic heterocycles. The Hall–Kier alpha value is -3.29. The van der Waals surface area contributed by atoms with E-state index in [0.717, 1.165) is 49.5 Å². The Bertz CT molecular complexity index is 1100. The summed E-state index contributed by atoms with van der Waals surface area (Å²) < 4.78 is 11.2. The third-order valence-corrected chi connectivity index (χ3v) is 5.74. The summed E-state index contributed by atoms with van der Waals surface area (Å²) in [5.74, 6) is 1.98. The minimum Gasteiger partial charge on any atom is -0.444 e. The van der Waals surface area contributed by atoms with Crippen LogP contribution in [0.2, 0.25) is 0 Å². The smallest absolute Gasteiger partial charge is 0.244 e. The van der Waals surface area contributed by atoms with Crippen LogP contribution in [0.4, 0.5) is 0 Å². The fourth-order valence-corrected chi connectivity index (χ4v) is 3.90. The molecule has 2 aromatic heterocycles. The molecule has 158 valence electrons. The van der Waals surface area contributed by atoms with E-state index < -0.39 is 0 Å². The van der Waals surface area contributed by atoms with Crippen molar-refractivity contribution in [1.82, 2.24) is 24.9 Å². The third-order valence-electron chi connectivity index (χ3n) is 5.74. The largest absolute Gasteiger partial charge is 0.444 e. The minimum absolute atomic E-state index is 0.0869. The van der Waals surface area contributed by atoms with Gasteiger partial charge in [-0.05, 0) is 19.1 Å². The van der Waals surface area contributed by atoms with Gasteiger partial charge in [0.15, 0.2) is 0 Å². The first-order chi connectivity index (χ1) is 15.3. The van der Waals surface area contributed by atoms with E-state index in [9.17, 15) is 0 Å². The third kappa shape index (κ3) is 4.42. The molecule has 7 heteroatoms. The molecule has 3 heterocycles. The van der Waals surface area contributed by atoms with E-state index in [1.807, 2.05) is 60.7 Å². The van der Waals surface area contributed by atoms with E-state index in [4.69, 9.17) is 8.94 Å². The number of aromatic nitrogens is 3. The van der Waals surface area contributed by atoms with Crippen molar-refractivity contribution in [2.75, 3.05) is 26.2 Å². The van der Waals surface area contributed by atoms with E-state index in [0.29, 0.717) is 17.6 Å². The highest BCUT2D eigenvalue weighted by atomic mass is 16.5. The van der Waals surface area contributed by atoms with E-state index in [1.54, 1.807) is 6.26 Å². The molecule has 7 nitrogen and oxygen atoms in total. The van der Waals surface area contributed by atoms with Crippen LogP contribution in [0.1, 0.15) is 24.6 Å². The maximum absolute atomic E-state index is 5.67. The zero-order valence-electron chi connectivity index (χ0n) is 17.5. The van der Waals surface area contributed by atoms with Crippen molar-refractivity contribution in [3.63, 3.8) is 0 Å². The standard InChI is InChI=1S/C24H25N5O2/c1-18(23-26-22(27-31-23)19-8-4-2-5-9-19)29-14-12-28(13-15-29)16-21-17-30-24(25-21)20-10-6-3-7-11-20/h2-11,17-18H,12-16H2,1H3. The SMILES string of the molecule is CC(c1nc(-c2ccccc2)no1)N1CCN(Cc2coc(-c3ccccc3)n2)CC1. The summed E-state index contributed by atoms with van der Waals surface area (Å²) in [6, 6.07) is 20.0. The highest BCUT2D eigenvalue weighted by molar-refractivity contribution is 5.53. The number of piperazine rings is 1. The Morgan fingerprint density at radius 3 is 2.26 bits per heavy atom. The summed E-state index contributed by atoms with van der Waals surface area (Å²) in [5, 5.41) is 4.16. The fraction of sp³-hybridized carbons (Fsp3) is 0.292. The topological polar surface area (TPSA) is 71.4 Å². The van der Waals surface area contributed by atoms with E-state index in [-0.39, 0.29) is 6.04 Å². The Morgan fingerprint density at radius 2 is 1.55 bits per heavy atom. The molecule has 5 rings (SSSR count). The lowest BCUT2D eigenvalue weighted by Crippen LogP contribution is -2.46. The Balaban J connectivity index is 1.16. The average Bonchev–Trinajstić information content (AvgIpc) is 3.51. The molecule has 0 spiro atoms. The van der Waals surface area contributed by atoms with E-state index >= 15 is 0 Å². The number of benzene rings is 2. The second kappa shape index (κ2) is 8.83. The summed E-state index contributed by atoms with van der Waals surface area (Å²) in [4.78, 5) is 14.1. The molecule has 2 aromatic carbocycles. The fourth-order valence-electron chi connectivity index (χ4n) is 3.90. The lowest BCUT2D eigenvalue weighted by Gasteiger charge is -2.36. The highest BCUT2D eigenvalue weighted by Gasteiger charge is 2.26. The first kappa shape index (κ1) is 19.7. The predicted molar refractivity (Wildman–Crippen MR) is 117 cm³/mol. The molecular formula is C24H25N5O2. The molecule has 0 radical (unpaired) electrons. The number of nitrogens with zero attached hydrogens (tertiary/aromatic N) is 5. The van der Waals surface area contributed by atoms with Crippen molar-refractivity contribution in [3.05, 3.63) is 78.5 Å². The summed E-state index contributed by atoms with van der Waals surface area (Å²) in [7, 11) is 0. The van der Waals surface area contributed by atoms with Crippen molar-refractivity contribution in [3.8, 4) is 22.8 Å². The van der Waals surface area contributed by atoms with Crippen LogP contribution in [0.3, 0.4) is 0 Å². The summed E-state index contributed by atoms with van der Waals surface area (Å²) in [5.41, 5.74) is 2.93. The maximum Gasteiger partial charge on any atom is 0.244 e. The highest BCUT2D eigenvalue weighted by Crippen LogP contribution is 2.24. The lowest BCUT2D eigenvalue weighted by molar-refractivity contribution is 0.0838. The maximum atomic E-state index is 5.67. The summed E-state index contributed by atoms with van der Waals surface area (Å²) >= 11 is 0. The number of hydrogen-bond acceptors (Lipinski definition) is 7. The minimum atomic E-state index is 0.0869. The van der Waals surface area contributed by atoms with E-state index in [1.165, 1.54) is 0 Å². The average molecular weight is 415 g/mol. The van der Waals surface area contributed by atoms with Crippen molar-refractivity contribution in [2.45, 2.75) is 19.5 Å². The summed E-state index contributed by atoms with van der Waals surface area (Å²) in [6.45, 7) is 6.70. The van der Waals surface area contributed by atoms with Gasteiger partial charge in [0, 0.05) is 43.9 Å². The van der Waals surface area contributed by atoms with Gasteiger partial charge >= 0.3 is 0 Å². The van der Waals surface area contributed by atoms with Gasteiger partial charge in [0.2, 0.25) is 17.6 Å². The van der Waals surface area contributed by atoms with Gasteiger partial charge < -0.3 is 8.94 Å². The molecule has 1 unspecified atom stereocenters. The van der Waals surface area contributed by atoms with Crippen LogP contribution >= 0.6 is 0 Å². The Labute approximate surface area is 181 Å². The van der Waals surface area contributed by atoms with Gasteiger partial charge in [-0.3, -0.25) is 9.80 Å². The van der Waals surface area contributed by atoms with Gasteiger partial charge in [-0.15, -0.1) is 0 Å². The molecule has 31 heavy (non-hydrogen) atoms. The van der Waals surface area contributed by atoms with Gasteiger partial charge in [0.25, 0.3) is 0 Å².